The fourth-order valence-corrected chi connectivity index (χ4v) is 8.35. The van der Waals surface area contributed by atoms with Gasteiger partial charge in [-0.1, -0.05) is 100 Å². The van der Waals surface area contributed by atoms with E-state index < -0.39 is 58.6 Å². The van der Waals surface area contributed by atoms with Gasteiger partial charge in [0, 0.05) is 32.5 Å². The van der Waals surface area contributed by atoms with Gasteiger partial charge < -0.3 is 26.2 Å². The number of imide groups is 1. The second kappa shape index (κ2) is 16.7. The maximum atomic E-state index is 14.4. The molecule has 4 fully saturated rings. The summed E-state index contributed by atoms with van der Waals surface area (Å²) in [6.07, 6.45) is 7.89. The van der Waals surface area contributed by atoms with Crippen LogP contribution in [0.25, 0.3) is 0 Å². The van der Waals surface area contributed by atoms with Crippen LogP contribution < -0.4 is 21.3 Å². The van der Waals surface area contributed by atoms with E-state index in [1.807, 2.05) is 41.5 Å². The summed E-state index contributed by atoms with van der Waals surface area (Å²) in [4.78, 5) is 97.1. The Labute approximate surface area is 309 Å². The van der Waals surface area contributed by atoms with Crippen LogP contribution in [0.5, 0.6) is 0 Å². The summed E-state index contributed by atoms with van der Waals surface area (Å²) in [7, 11) is 0. The number of amides is 7. The predicted molar refractivity (Wildman–Crippen MR) is 196 cm³/mol. The molecule has 7 amide bonds. The number of Topliss-reactive ketones (excluding diaryl/α,β-unsaturated/α-hetero) is 1. The fraction of sp³-hybridized carbons (Fsp3) is 0.821. The van der Waals surface area contributed by atoms with E-state index in [2.05, 4.69) is 35.1 Å². The highest BCUT2D eigenvalue weighted by Crippen LogP contribution is 2.65. The van der Waals surface area contributed by atoms with Crippen LogP contribution in [0.2, 0.25) is 0 Å². The SMILES string of the molecule is CCCNC(=O)C(=O)[C@@H]1CCCCCCCCC[C@@H](NC(=O)N[C@H](CN2C(=O)CC(C)(C)CC2=O)C(C)(C)C)C(=O)N2C[C@H]3[C@@H]([C@H]2C(=O)N1)C3(C)C. The van der Waals surface area contributed by atoms with Crippen LogP contribution in [0.1, 0.15) is 132 Å². The number of urea groups is 1. The molecule has 0 aromatic rings. The highest BCUT2D eigenvalue weighted by Gasteiger charge is 2.69. The molecule has 4 aliphatic rings. The van der Waals surface area contributed by atoms with Crippen molar-refractivity contribution < 1.29 is 33.6 Å². The van der Waals surface area contributed by atoms with Gasteiger partial charge in [0.1, 0.15) is 12.1 Å². The minimum Gasteiger partial charge on any atom is -0.349 e. The number of carbonyl (C=O) groups excluding carboxylic acids is 7. The molecule has 1 aliphatic carbocycles. The van der Waals surface area contributed by atoms with Gasteiger partial charge in [0.05, 0.1) is 12.1 Å². The van der Waals surface area contributed by atoms with E-state index in [4.69, 9.17) is 0 Å². The Balaban J connectivity index is 1.55. The van der Waals surface area contributed by atoms with Crippen LogP contribution in [0.3, 0.4) is 0 Å². The third-order valence-corrected chi connectivity index (χ3v) is 11.8. The van der Waals surface area contributed by atoms with E-state index in [9.17, 15) is 33.6 Å². The lowest BCUT2D eigenvalue weighted by molar-refractivity contribution is -0.153. The average molecular weight is 729 g/mol. The van der Waals surface area contributed by atoms with Crippen LogP contribution in [-0.2, 0) is 28.8 Å². The second-order valence-corrected chi connectivity index (χ2v) is 18.1. The minimum absolute atomic E-state index is 0.0203. The third-order valence-electron chi connectivity index (χ3n) is 11.8. The zero-order valence-corrected chi connectivity index (χ0v) is 32.8. The molecule has 0 unspecified atom stereocenters. The van der Waals surface area contributed by atoms with Crippen molar-refractivity contribution in [1.82, 2.24) is 31.1 Å². The van der Waals surface area contributed by atoms with Gasteiger partial charge in [-0.05, 0) is 47.3 Å². The molecular formula is C39H64N6O7. The van der Waals surface area contributed by atoms with Gasteiger partial charge in [-0.2, -0.15) is 0 Å². The number of carbonyl (C=O) groups is 7. The van der Waals surface area contributed by atoms with Gasteiger partial charge in [0.15, 0.2) is 0 Å². The number of rotatable bonds is 8. The number of nitrogens with zero attached hydrogens (tertiary/aromatic N) is 2. The second-order valence-electron chi connectivity index (χ2n) is 18.1. The molecule has 1 saturated carbocycles. The Morgan fingerprint density at radius 2 is 1.46 bits per heavy atom. The van der Waals surface area contributed by atoms with Gasteiger partial charge in [0.25, 0.3) is 5.91 Å². The van der Waals surface area contributed by atoms with Crippen molar-refractivity contribution in [3.63, 3.8) is 0 Å². The molecule has 0 bridgehead atoms. The van der Waals surface area contributed by atoms with E-state index in [1.165, 1.54) is 4.90 Å². The molecule has 0 aromatic heterocycles. The van der Waals surface area contributed by atoms with Crippen molar-refractivity contribution in [2.45, 2.75) is 157 Å². The van der Waals surface area contributed by atoms with Gasteiger partial charge in [-0.25, -0.2) is 4.79 Å². The van der Waals surface area contributed by atoms with Crippen LogP contribution in [0.15, 0.2) is 0 Å². The molecule has 292 valence electrons. The lowest BCUT2D eigenvalue weighted by Crippen LogP contribution is -2.61. The quantitative estimate of drug-likeness (QED) is 0.217. The number of fused-ring (bicyclic) bond motifs is 3. The first-order chi connectivity index (χ1) is 24.3. The van der Waals surface area contributed by atoms with Crippen molar-refractivity contribution in [2.24, 2.45) is 28.1 Å². The molecule has 3 saturated heterocycles. The number of hydrogen-bond acceptors (Lipinski definition) is 7. The lowest BCUT2D eigenvalue weighted by Gasteiger charge is -2.40. The van der Waals surface area contributed by atoms with E-state index in [1.54, 1.807) is 4.90 Å². The molecule has 4 N–H and O–H groups in total. The molecule has 0 spiro atoms. The van der Waals surface area contributed by atoms with E-state index in [0.29, 0.717) is 45.2 Å². The molecule has 6 atom stereocenters. The maximum absolute atomic E-state index is 14.4. The van der Waals surface area contributed by atoms with Gasteiger partial charge in [-0.3, -0.25) is 33.7 Å². The van der Waals surface area contributed by atoms with Crippen molar-refractivity contribution in [1.29, 1.82) is 0 Å². The van der Waals surface area contributed by atoms with Crippen molar-refractivity contribution in [2.75, 3.05) is 19.6 Å². The van der Waals surface area contributed by atoms with Crippen LogP contribution in [0.4, 0.5) is 4.79 Å². The molecule has 13 nitrogen and oxygen atoms in total. The first kappa shape index (κ1) is 41.2. The summed E-state index contributed by atoms with van der Waals surface area (Å²) in [5.74, 6) is -2.77. The van der Waals surface area contributed by atoms with Crippen molar-refractivity contribution >= 4 is 41.4 Å². The van der Waals surface area contributed by atoms with Gasteiger partial charge in [0.2, 0.25) is 29.4 Å². The number of ketones is 1. The fourth-order valence-electron chi connectivity index (χ4n) is 8.35. The Morgan fingerprint density at radius 1 is 0.885 bits per heavy atom. The normalized spacial score (nSPS) is 29.0. The number of piperidine rings is 2. The summed E-state index contributed by atoms with van der Waals surface area (Å²) in [5.41, 5.74) is -1.13. The zero-order chi connectivity index (χ0) is 38.6. The summed E-state index contributed by atoms with van der Waals surface area (Å²) >= 11 is 0. The Kier molecular flexibility index (Phi) is 13.2. The number of nitrogens with one attached hydrogen (secondary N) is 4. The standard InChI is InChI=1S/C39H64N6O7/c1-9-19-40-34(50)32(48)25-17-15-13-11-10-12-14-16-18-26(35(51)45-22-24-30(39(24,7)8)31(45)33(49)41-25)42-36(52)43-27(37(2,3)4)23-44-28(46)20-38(5,6)21-29(44)47/h24-27,30-31H,9-23H2,1-8H3,(H,40,50)(H,41,49)(H2,42,43,52)/t24-,25-,26+,27+,30-,31-/m0/s1. The maximum Gasteiger partial charge on any atom is 0.315 e. The van der Waals surface area contributed by atoms with Gasteiger partial charge in [-0.15, -0.1) is 0 Å². The van der Waals surface area contributed by atoms with Crippen LogP contribution in [0, 0.1) is 28.1 Å². The smallest absolute Gasteiger partial charge is 0.315 e. The molecular weight excluding hydrogens is 664 g/mol. The van der Waals surface area contributed by atoms with E-state index >= 15 is 0 Å². The Hall–Kier alpha value is -3.51. The predicted octanol–water partition coefficient (Wildman–Crippen LogP) is 3.83. The Bertz CT molecular complexity index is 1370. The van der Waals surface area contributed by atoms with Crippen molar-refractivity contribution in [3.05, 3.63) is 0 Å². The molecule has 0 radical (unpaired) electrons. The minimum atomic E-state index is -0.992. The summed E-state index contributed by atoms with van der Waals surface area (Å²) in [6.45, 7) is 16.3. The lowest BCUT2D eigenvalue weighted by atomic mass is 9.80. The molecule has 3 aliphatic heterocycles. The van der Waals surface area contributed by atoms with Gasteiger partial charge >= 0.3 is 6.03 Å². The molecule has 4 rings (SSSR count). The highest BCUT2D eigenvalue weighted by molar-refractivity contribution is 6.38. The summed E-state index contributed by atoms with van der Waals surface area (Å²) < 4.78 is 0. The summed E-state index contributed by atoms with van der Waals surface area (Å²) in [6, 6.07) is -3.93. The third kappa shape index (κ3) is 9.92. The van der Waals surface area contributed by atoms with E-state index in [0.717, 1.165) is 32.1 Å². The monoisotopic (exact) mass is 728 g/mol. The van der Waals surface area contributed by atoms with Crippen LogP contribution >= 0.6 is 0 Å². The number of hydrogen-bond donors (Lipinski definition) is 4. The largest absolute Gasteiger partial charge is 0.349 e. The number of likely N-dealkylation sites (tertiary alicyclic amines) is 1. The summed E-state index contributed by atoms with van der Waals surface area (Å²) in [5, 5.41) is 11.4. The first-order valence-electron chi connectivity index (χ1n) is 19.6. The van der Waals surface area contributed by atoms with Crippen molar-refractivity contribution in [3.8, 4) is 0 Å². The molecule has 0 aromatic carbocycles. The topological polar surface area (TPSA) is 174 Å². The molecule has 52 heavy (non-hydrogen) atoms. The highest BCUT2D eigenvalue weighted by atomic mass is 16.2. The van der Waals surface area contributed by atoms with E-state index in [-0.39, 0.29) is 54.4 Å². The van der Waals surface area contributed by atoms with Crippen LogP contribution in [-0.4, -0.2) is 95.0 Å². The zero-order valence-electron chi connectivity index (χ0n) is 32.8. The average Bonchev–Trinajstić information content (AvgIpc) is 3.35. The first-order valence-corrected chi connectivity index (χ1v) is 19.6. The Morgan fingerprint density at radius 3 is 2.04 bits per heavy atom. The molecule has 3 heterocycles. The molecule has 13 heteroatoms.